The molecule has 3 aromatic rings. The third kappa shape index (κ3) is 5.05. The van der Waals surface area contributed by atoms with E-state index in [0.717, 1.165) is 17.6 Å². The van der Waals surface area contributed by atoms with E-state index >= 15 is 0 Å². The van der Waals surface area contributed by atoms with Gasteiger partial charge in [0.25, 0.3) is 0 Å². The zero-order valence-corrected chi connectivity index (χ0v) is 15.6. The number of alkyl halides is 3. The van der Waals surface area contributed by atoms with Gasteiger partial charge in [0.1, 0.15) is 5.82 Å². The number of benzene rings is 2. The molecule has 0 spiro atoms. The van der Waals surface area contributed by atoms with E-state index in [2.05, 4.69) is 15.6 Å². The van der Waals surface area contributed by atoms with Gasteiger partial charge < -0.3 is 15.6 Å². The van der Waals surface area contributed by atoms with Gasteiger partial charge in [-0.1, -0.05) is 23.7 Å². The number of aromatic amines is 1. The first-order chi connectivity index (χ1) is 13.3. The van der Waals surface area contributed by atoms with Gasteiger partial charge in [0.2, 0.25) is 0 Å². The molecule has 2 aromatic carbocycles. The summed E-state index contributed by atoms with van der Waals surface area (Å²) in [6, 6.07) is 12.1. The fourth-order valence-corrected chi connectivity index (χ4v) is 3.02. The molecule has 0 atom stereocenters. The van der Waals surface area contributed by atoms with Crippen molar-refractivity contribution in [2.24, 2.45) is 0 Å². The molecule has 28 heavy (non-hydrogen) atoms. The van der Waals surface area contributed by atoms with Gasteiger partial charge in [-0.25, -0.2) is 0 Å². The fraction of sp³-hybridized carbons (Fsp3) is 0.250. The minimum absolute atomic E-state index is 0.0610. The van der Waals surface area contributed by atoms with Crippen LogP contribution in [0, 0.1) is 0 Å². The highest BCUT2D eigenvalue weighted by Crippen LogP contribution is 2.31. The van der Waals surface area contributed by atoms with Gasteiger partial charge >= 0.3 is 6.18 Å². The Morgan fingerprint density at radius 2 is 1.82 bits per heavy atom. The van der Waals surface area contributed by atoms with E-state index in [4.69, 9.17) is 11.6 Å². The van der Waals surface area contributed by atoms with Gasteiger partial charge in [0.15, 0.2) is 5.43 Å². The predicted octanol–water partition coefficient (Wildman–Crippen LogP) is 4.79. The molecule has 3 N–H and O–H groups in total. The summed E-state index contributed by atoms with van der Waals surface area (Å²) in [6.07, 6.45) is -3.68. The van der Waals surface area contributed by atoms with Gasteiger partial charge in [-0.15, -0.1) is 0 Å². The molecule has 0 fully saturated rings. The largest absolute Gasteiger partial charge is 0.416 e. The van der Waals surface area contributed by atoms with Crippen LogP contribution < -0.4 is 16.1 Å². The number of aromatic nitrogens is 1. The predicted molar refractivity (Wildman–Crippen MR) is 106 cm³/mol. The first kappa shape index (κ1) is 20.2. The molecule has 1 aromatic heterocycles. The Hall–Kier alpha value is -2.51. The minimum atomic E-state index is -4.39. The van der Waals surface area contributed by atoms with Crippen LogP contribution in [0.4, 0.5) is 19.0 Å². The highest BCUT2D eigenvalue weighted by molar-refractivity contribution is 6.31. The second-order valence-corrected chi connectivity index (χ2v) is 6.76. The summed E-state index contributed by atoms with van der Waals surface area (Å²) < 4.78 is 38.3. The summed E-state index contributed by atoms with van der Waals surface area (Å²) in [4.78, 5) is 15.2. The number of rotatable bonds is 7. The van der Waals surface area contributed by atoms with Crippen LogP contribution in [0.25, 0.3) is 10.9 Å². The normalized spacial score (nSPS) is 11.7. The number of fused-ring (bicyclic) bond motifs is 1. The second-order valence-electron chi connectivity index (χ2n) is 6.35. The molecule has 4 nitrogen and oxygen atoms in total. The molecule has 3 rings (SSSR count). The number of hydrogen-bond acceptors (Lipinski definition) is 3. The third-order valence-corrected chi connectivity index (χ3v) is 4.64. The summed E-state index contributed by atoms with van der Waals surface area (Å²) >= 11 is 5.98. The number of para-hydroxylation sites is 1. The maximum atomic E-state index is 12.8. The molecular weight excluding hydrogens is 391 g/mol. The van der Waals surface area contributed by atoms with E-state index in [-0.39, 0.29) is 12.0 Å². The van der Waals surface area contributed by atoms with E-state index in [0.29, 0.717) is 41.3 Å². The molecule has 0 bridgehead atoms. The maximum absolute atomic E-state index is 12.8. The first-order valence-electron chi connectivity index (χ1n) is 8.77. The molecule has 0 aliphatic heterocycles. The van der Waals surface area contributed by atoms with Gasteiger partial charge in [-0.05, 0) is 48.9 Å². The molecule has 0 saturated heterocycles. The summed E-state index contributed by atoms with van der Waals surface area (Å²) in [5.74, 6) is 0.629. The number of halogens is 4. The summed E-state index contributed by atoms with van der Waals surface area (Å²) in [7, 11) is 0. The molecule has 0 aliphatic rings. The monoisotopic (exact) mass is 409 g/mol. The van der Waals surface area contributed by atoms with Crippen LogP contribution in [-0.2, 0) is 12.7 Å². The number of H-pyrrole nitrogens is 1. The SMILES string of the molecule is O=c1cc(NCCCNCc2cc(C(F)(F)F)ccc2Cl)[nH]c2ccccc12. The van der Waals surface area contributed by atoms with Crippen LogP contribution >= 0.6 is 11.6 Å². The van der Waals surface area contributed by atoms with E-state index in [1.54, 1.807) is 6.07 Å². The Kier molecular flexibility index (Phi) is 6.26. The Labute approximate surface area is 164 Å². The molecule has 8 heteroatoms. The number of anilines is 1. The lowest BCUT2D eigenvalue weighted by Gasteiger charge is -2.12. The van der Waals surface area contributed by atoms with Crippen molar-refractivity contribution in [1.82, 2.24) is 10.3 Å². The molecule has 0 amide bonds. The number of nitrogens with one attached hydrogen (secondary N) is 3. The highest BCUT2D eigenvalue weighted by Gasteiger charge is 2.30. The first-order valence-corrected chi connectivity index (χ1v) is 9.14. The van der Waals surface area contributed by atoms with E-state index in [1.165, 1.54) is 12.1 Å². The lowest BCUT2D eigenvalue weighted by molar-refractivity contribution is -0.137. The van der Waals surface area contributed by atoms with Crippen LogP contribution in [0.2, 0.25) is 5.02 Å². The molecule has 148 valence electrons. The van der Waals surface area contributed by atoms with Gasteiger partial charge in [-0.3, -0.25) is 4.79 Å². The lowest BCUT2D eigenvalue weighted by Crippen LogP contribution is -2.19. The number of pyridine rings is 1. The van der Waals surface area contributed by atoms with Crippen LogP contribution in [0.5, 0.6) is 0 Å². The average Bonchev–Trinajstić information content (AvgIpc) is 2.65. The van der Waals surface area contributed by atoms with Gasteiger partial charge in [0.05, 0.1) is 11.1 Å². The zero-order chi connectivity index (χ0) is 20.1. The topological polar surface area (TPSA) is 56.9 Å². The molecule has 1 heterocycles. The summed E-state index contributed by atoms with van der Waals surface area (Å²) in [5.41, 5.74) is 0.392. The average molecular weight is 410 g/mol. The molecule has 0 unspecified atom stereocenters. The maximum Gasteiger partial charge on any atom is 0.416 e. The van der Waals surface area contributed by atoms with Gasteiger partial charge in [0, 0.05) is 29.6 Å². The van der Waals surface area contributed by atoms with Crippen molar-refractivity contribution in [3.05, 3.63) is 74.9 Å². The molecule has 0 aliphatic carbocycles. The van der Waals surface area contributed by atoms with Crippen molar-refractivity contribution in [3.63, 3.8) is 0 Å². The van der Waals surface area contributed by atoms with E-state index in [1.807, 2.05) is 18.2 Å². The van der Waals surface area contributed by atoms with Crippen LogP contribution in [0.1, 0.15) is 17.5 Å². The third-order valence-electron chi connectivity index (χ3n) is 4.27. The van der Waals surface area contributed by atoms with Crippen molar-refractivity contribution in [1.29, 1.82) is 0 Å². The standard InChI is InChI=1S/C20H19ClF3N3O/c21-16-7-6-14(20(22,23)24)10-13(16)12-25-8-3-9-26-19-11-18(28)15-4-1-2-5-17(15)27-19/h1-2,4-7,10-11,25H,3,8-9,12H2,(H2,26,27,28). The molecule has 0 saturated carbocycles. The Bertz CT molecular complexity index is 1020. The van der Waals surface area contributed by atoms with Crippen molar-refractivity contribution >= 4 is 28.3 Å². The molecule has 0 radical (unpaired) electrons. The van der Waals surface area contributed by atoms with E-state index in [9.17, 15) is 18.0 Å². The van der Waals surface area contributed by atoms with Crippen LogP contribution in [-0.4, -0.2) is 18.1 Å². The Morgan fingerprint density at radius 3 is 2.61 bits per heavy atom. The Morgan fingerprint density at radius 1 is 1.04 bits per heavy atom. The quantitative estimate of drug-likeness (QED) is 0.492. The summed E-state index contributed by atoms with van der Waals surface area (Å²) in [5, 5.41) is 7.16. The Balaban J connectivity index is 1.48. The van der Waals surface area contributed by atoms with Crippen LogP contribution in [0.3, 0.4) is 0 Å². The van der Waals surface area contributed by atoms with Crippen molar-refractivity contribution in [3.8, 4) is 0 Å². The second kappa shape index (κ2) is 8.67. The molecular formula is C20H19ClF3N3O. The lowest BCUT2D eigenvalue weighted by atomic mass is 10.1. The van der Waals surface area contributed by atoms with Gasteiger partial charge in [-0.2, -0.15) is 13.2 Å². The van der Waals surface area contributed by atoms with Crippen LogP contribution in [0.15, 0.2) is 53.3 Å². The van der Waals surface area contributed by atoms with Crippen molar-refractivity contribution in [2.45, 2.75) is 19.1 Å². The smallest absolute Gasteiger partial charge is 0.371 e. The number of hydrogen-bond donors (Lipinski definition) is 3. The van der Waals surface area contributed by atoms with Crippen molar-refractivity contribution < 1.29 is 13.2 Å². The minimum Gasteiger partial charge on any atom is -0.371 e. The highest BCUT2D eigenvalue weighted by atomic mass is 35.5. The summed E-state index contributed by atoms with van der Waals surface area (Å²) in [6.45, 7) is 1.42. The zero-order valence-electron chi connectivity index (χ0n) is 14.9. The fourth-order valence-electron chi connectivity index (χ4n) is 2.84. The van der Waals surface area contributed by atoms with E-state index < -0.39 is 11.7 Å². The van der Waals surface area contributed by atoms with Crippen molar-refractivity contribution in [2.75, 3.05) is 18.4 Å².